The number of nitrogens with zero attached hydrogens (tertiary/aromatic N) is 4. The van der Waals surface area contributed by atoms with Crippen LogP contribution in [0.4, 0.5) is 5.82 Å². The lowest BCUT2D eigenvalue weighted by atomic mass is 10.1. The Balaban J connectivity index is 2.07. The second-order valence-corrected chi connectivity index (χ2v) is 6.77. The number of amides is 1. The smallest absolute Gasteiger partial charge is 0.221 e. The Hall–Kier alpha value is -3.39. The number of aromatic nitrogens is 3. The lowest BCUT2D eigenvalue weighted by Crippen LogP contribution is -2.37. The zero-order valence-electron chi connectivity index (χ0n) is 16.7. The van der Waals surface area contributed by atoms with Gasteiger partial charge in [-0.05, 0) is 30.2 Å². The molecule has 2 N–H and O–H groups in total. The number of carbonyl (C=O) groups excluding carboxylic acids is 1. The van der Waals surface area contributed by atoms with Crippen LogP contribution in [0.1, 0.15) is 25.2 Å². The molecule has 0 spiro atoms. The predicted molar refractivity (Wildman–Crippen MR) is 115 cm³/mol. The highest BCUT2D eigenvalue weighted by Gasteiger charge is 2.19. The Kier molecular flexibility index (Phi) is 6.13. The molecule has 1 aliphatic rings. The van der Waals surface area contributed by atoms with Gasteiger partial charge in [-0.1, -0.05) is 13.2 Å². The Morgan fingerprint density at radius 3 is 2.66 bits per heavy atom. The van der Waals surface area contributed by atoms with Crippen molar-refractivity contribution < 1.29 is 9.53 Å². The fourth-order valence-corrected chi connectivity index (χ4v) is 3.03. The second kappa shape index (κ2) is 8.74. The van der Waals surface area contributed by atoms with Crippen LogP contribution in [0.5, 0.6) is 0 Å². The quantitative estimate of drug-likeness (QED) is 0.578. The van der Waals surface area contributed by atoms with Crippen LogP contribution in [-0.4, -0.2) is 53.4 Å². The molecular formula is C21H24N6O2. The third-order valence-electron chi connectivity index (χ3n) is 4.47. The maximum Gasteiger partial charge on any atom is 0.221 e. The van der Waals surface area contributed by atoms with Crippen LogP contribution in [0.15, 0.2) is 37.2 Å². The Morgan fingerprint density at radius 2 is 2.00 bits per heavy atom. The van der Waals surface area contributed by atoms with E-state index in [-0.39, 0.29) is 5.91 Å². The number of fused-ring (bicyclic) bond motifs is 1. The molecular weight excluding hydrogens is 368 g/mol. The molecule has 0 unspecified atom stereocenters. The van der Waals surface area contributed by atoms with Gasteiger partial charge in [0.2, 0.25) is 5.91 Å². The predicted octanol–water partition coefficient (Wildman–Crippen LogP) is 2.58. The monoisotopic (exact) mass is 392 g/mol. The van der Waals surface area contributed by atoms with Crippen LogP contribution in [0.25, 0.3) is 22.2 Å². The third-order valence-corrected chi connectivity index (χ3v) is 4.47. The van der Waals surface area contributed by atoms with Crippen LogP contribution in [-0.2, 0) is 9.53 Å². The van der Waals surface area contributed by atoms with Crippen LogP contribution in [0, 0.1) is 5.41 Å². The van der Waals surface area contributed by atoms with Gasteiger partial charge in [-0.2, -0.15) is 0 Å². The molecule has 0 aliphatic carbocycles. The maximum atomic E-state index is 11.2. The molecule has 8 nitrogen and oxygen atoms in total. The van der Waals surface area contributed by atoms with Crippen LogP contribution >= 0.6 is 0 Å². The molecule has 1 amide bonds. The zero-order chi connectivity index (χ0) is 21.0. The molecule has 3 heterocycles. The van der Waals surface area contributed by atoms with Gasteiger partial charge in [0.25, 0.3) is 0 Å². The number of anilines is 1. The highest BCUT2D eigenvalue weighted by molar-refractivity contribution is 6.06. The highest BCUT2D eigenvalue weighted by Crippen LogP contribution is 2.27. The van der Waals surface area contributed by atoms with Gasteiger partial charge in [-0.15, -0.1) is 0 Å². The average Bonchev–Trinajstić information content (AvgIpc) is 2.71. The van der Waals surface area contributed by atoms with E-state index in [1.807, 2.05) is 13.0 Å². The standard InChI is InChI=1S/C21H24N6O2/c1-13(9-15(3)24-16(4)28)17-10-18-19(23-12-17)21(27-5-7-29-8-6-27)26-20(25-18)14(2)11-22/h9-12,22H,2-3,5-8H2,1,4H3,(H,24,28)/b13-9+,22-11?. The van der Waals surface area contributed by atoms with Crippen molar-refractivity contribution in [1.29, 1.82) is 5.41 Å². The van der Waals surface area contributed by atoms with Crippen molar-refractivity contribution in [2.45, 2.75) is 13.8 Å². The number of allylic oxidation sites excluding steroid dienone is 3. The van der Waals surface area contributed by atoms with E-state index >= 15 is 0 Å². The Bertz CT molecular complexity index is 1020. The van der Waals surface area contributed by atoms with Gasteiger partial charge in [0, 0.05) is 43.7 Å². The van der Waals surface area contributed by atoms with Crippen LogP contribution in [0.3, 0.4) is 0 Å². The normalized spacial score (nSPS) is 14.6. The summed E-state index contributed by atoms with van der Waals surface area (Å²) in [6.45, 7) is 13.7. The number of hydrogen-bond acceptors (Lipinski definition) is 7. The summed E-state index contributed by atoms with van der Waals surface area (Å²) in [5.41, 5.74) is 4.02. The van der Waals surface area contributed by atoms with Gasteiger partial charge in [0.15, 0.2) is 11.6 Å². The van der Waals surface area contributed by atoms with Gasteiger partial charge in [-0.25, -0.2) is 9.97 Å². The van der Waals surface area contributed by atoms with E-state index in [2.05, 4.69) is 38.3 Å². The zero-order valence-corrected chi connectivity index (χ0v) is 16.7. The summed E-state index contributed by atoms with van der Waals surface area (Å²) < 4.78 is 5.44. The van der Waals surface area contributed by atoms with E-state index in [0.717, 1.165) is 17.4 Å². The lowest BCUT2D eigenvalue weighted by Gasteiger charge is -2.28. The molecule has 29 heavy (non-hydrogen) atoms. The van der Waals surface area contributed by atoms with E-state index in [1.54, 1.807) is 12.3 Å². The van der Waals surface area contributed by atoms with E-state index in [4.69, 9.17) is 10.1 Å². The fraction of sp³-hybridized carbons (Fsp3) is 0.286. The average molecular weight is 392 g/mol. The topological polar surface area (TPSA) is 104 Å². The number of carbonyl (C=O) groups is 1. The summed E-state index contributed by atoms with van der Waals surface area (Å²) in [7, 11) is 0. The molecule has 0 atom stereocenters. The first-order valence-electron chi connectivity index (χ1n) is 9.24. The van der Waals surface area contributed by atoms with Gasteiger partial charge in [-0.3, -0.25) is 9.78 Å². The first-order chi connectivity index (χ1) is 13.9. The fourth-order valence-electron chi connectivity index (χ4n) is 3.03. The summed E-state index contributed by atoms with van der Waals surface area (Å²) >= 11 is 0. The number of pyridine rings is 1. The second-order valence-electron chi connectivity index (χ2n) is 6.77. The van der Waals surface area contributed by atoms with Gasteiger partial charge >= 0.3 is 0 Å². The summed E-state index contributed by atoms with van der Waals surface area (Å²) in [6.07, 6.45) is 4.68. The van der Waals surface area contributed by atoms with Crippen LogP contribution < -0.4 is 10.2 Å². The van der Waals surface area contributed by atoms with E-state index in [1.165, 1.54) is 6.92 Å². The minimum atomic E-state index is -0.173. The van der Waals surface area contributed by atoms with Crippen molar-refractivity contribution in [1.82, 2.24) is 20.3 Å². The summed E-state index contributed by atoms with van der Waals surface area (Å²) in [4.78, 5) is 27.1. The van der Waals surface area contributed by atoms with Crippen molar-refractivity contribution in [2.75, 3.05) is 31.2 Å². The minimum Gasteiger partial charge on any atom is -0.378 e. The van der Waals surface area contributed by atoms with Gasteiger partial charge < -0.3 is 20.4 Å². The molecule has 3 rings (SSSR count). The number of hydrogen-bond donors (Lipinski definition) is 2. The van der Waals surface area contributed by atoms with Crippen molar-refractivity contribution in [3.05, 3.63) is 48.6 Å². The number of morpholine rings is 1. The summed E-state index contributed by atoms with van der Waals surface area (Å²) in [5, 5.41) is 10.2. The number of nitrogens with one attached hydrogen (secondary N) is 2. The molecule has 0 radical (unpaired) electrons. The maximum absolute atomic E-state index is 11.2. The van der Waals surface area contributed by atoms with Crippen molar-refractivity contribution in [3.63, 3.8) is 0 Å². The molecule has 150 valence electrons. The van der Waals surface area contributed by atoms with E-state index in [0.29, 0.717) is 60.2 Å². The van der Waals surface area contributed by atoms with Gasteiger partial charge in [0.05, 0.1) is 18.7 Å². The van der Waals surface area contributed by atoms with Crippen molar-refractivity contribution >= 4 is 40.1 Å². The molecule has 1 saturated heterocycles. The summed E-state index contributed by atoms with van der Waals surface area (Å²) in [6, 6.07) is 1.92. The van der Waals surface area contributed by atoms with Gasteiger partial charge in [0.1, 0.15) is 5.52 Å². The molecule has 1 aliphatic heterocycles. The minimum absolute atomic E-state index is 0.173. The lowest BCUT2D eigenvalue weighted by molar-refractivity contribution is -0.118. The largest absolute Gasteiger partial charge is 0.378 e. The van der Waals surface area contributed by atoms with Crippen molar-refractivity contribution in [3.8, 4) is 0 Å². The SMILES string of the molecule is C=C(/C=C(\C)c1cnc2c(N3CCOCC3)nc(C(=C)C=N)nc2c1)NC(C)=O. The number of ether oxygens (including phenoxy) is 1. The molecule has 0 aromatic carbocycles. The molecule has 8 heteroatoms. The van der Waals surface area contributed by atoms with E-state index < -0.39 is 0 Å². The first-order valence-corrected chi connectivity index (χ1v) is 9.24. The Morgan fingerprint density at radius 1 is 1.28 bits per heavy atom. The van der Waals surface area contributed by atoms with E-state index in [9.17, 15) is 4.79 Å². The number of rotatable bonds is 6. The summed E-state index contributed by atoms with van der Waals surface area (Å²) in [5.74, 6) is 0.942. The molecule has 0 saturated carbocycles. The molecule has 0 bridgehead atoms. The first kappa shape index (κ1) is 20.3. The highest BCUT2D eigenvalue weighted by atomic mass is 16.5. The Labute approximate surface area is 169 Å². The van der Waals surface area contributed by atoms with Crippen LogP contribution in [0.2, 0.25) is 0 Å². The molecule has 2 aromatic heterocycles. The molecule has 2 aromatic rings. The third kappa shape index (κ3) is 4.72. The van der Waals surface area contributed by atoms with Crippen molar-refractivity contribution in [2.24, 2.45) is 0 Å². The molecule has 1 fully saturated rings.